The molecule has 39 heavy (non-hydrogen) atoms. The third kappa shape index (κ3) is 15.7. The predicted molar refractivity (Wildman–Crippen MR) is 154 cm³/mol. The van der Waals surface area contributed by atoms with Gasteiger partial charge in [0.1, 0.15) is 18.1 Å². The number of nitrogens with two attached hydrogens (primary N) is 5. The molecule has 16 heteroatoms. The van der Waals surface area contributed by atoms with Crippen LogP contribution in [-0.4, -0.2) is 90.0 Å². The number of carbonyl (C=O) groups excluding carboxylic acids is 3. The van der Waals surface area contributed by atoms with E-state index in [0.717, 1.165) is 0 Å². The van der Waals surface area contributed by atoms with Crippen molar-refractivity contribution in [3.8, 4) is 0 Å². The van der Waals surface area contributed by atoms with Crippen molar-refractivity contribution in [3.63, 3.8) is 0 Å². The van der Waals surface area contributed by atoms with Crippen LogP contribution in [0.4, 0.5) is 0 Å². The number of carbonyl (C=O) groups is 4. The van der Waals surface area contributed by atoms with Gasteiger partial charge in [0, 0.05) is 13.1 Å². The second-order valence-corrected chi connectivity index (χ2v) is 10.1. The zero-order valence-corrected chi connectivity index (χ0v) is 23.8. The standard InChI is InChI=1S/C23H46N10O5S/c1-4-13(2)17(21(37)38)33-20(36)16(9-12-39-3)32-19(35)15(8-6-11-30-23(27)28)31-18(34)14(24)7-5-10-29-22(25)26/h13-17H,4-12,24H2,1-3H3,(H,31,34)(H,32,35)(H,33,36)(H,37,38)(H4,25,26,29)(H4,27,28,30). The highest BCUT2D eigenvalue weighted by Crippen LogP contribution is 2.10. The molecule has 15 nitrogen and oxygen atoms in total. The normalized spacial score (nSPS) is 14.6. The number of aliphatic imine (C=N–C) groups is 2. The molecule has 0 aliphatic carbocycles. The second kappa shape index (κ2) is 19.7. The Hall–Kier alpha value is -3.27. The van der Waals surface area contributed by atoms with Gasteiger partial charge in [-0.15, -0.1) is 0 Å². The molecule has 0 rings (SSSR count). The molecule has 14 N–H and O–H groups in total. The number of nitrogens with one attached hydrogen (secondary N) is 3. The monoisotopic (exact) mass is 574 g/mol. The van der Waals surface area contributed by atoms with Gasteiger partial charge >= 0.3 is 5.97 Å². The Kier molecular flexibility index (Phi) is 18.1. The summed E-state index contributed by atoms with van der Waals surface area (Å²) < 4.78 is 0. The van der Waals surface area contributed by atoms with Crippen molar-refractivity contribution in [3.05, 3.63) is 0 Å². The van der Waals surface area contributed by atoms with Gasteiger partial charge in [-0.1, -0.05) is 20.3 Å². The summed E-state index contributed by atoms with van der Waals surface area (Å²) in [7, 11) is 0. The van der Waals surface area contributed by atoms with Gasteiger partial charge in [-0.2, -0.15) is 11.8 Å². The van der Waals surface area contributed by atoms with E-state index in [-0.39, 0.29) is 43.6 Å². The van der Waals surface area contributed by atoms with Crippen LogP contribution in [-0.2, 0) is 19.2 Å². The number of hydrogen-bond donors (Lipinski definition) is 9. The molecule has 0 fully saturated rings. The van der Waals surface area contributed by atoms with Gasteiger partial charge in [-0.05, 0) is 50.0 Å². The smallest absolute Gasteiger partial charge is 0.326 e. The number of carboxylic acid groups (broad SMARTS) is 1. The first-order chi connectivity index (χ1) is 18.3. The first-order valence-corrected chi connectivity index (χ1v) is 14.2. The van der Waals surface area contributed by atoms with E-state index in [0.29, 0.717) is 31.6 Å². The number of amides is 3. The van der Waals surface area contributed by atoms with Crippen LogP contribution in [0.3, 0.4) is 0 Å². The van der Waals surface area contributed by atoms with Crippen LogP contribution in [0.5, 0.6) is 0 Å². The van der Waals surface area contributed by atoms with E-state index in [1.54, 1.807) is 6.92 Å². The minimum absolute atomic E-state index is 0.0653. The molecule has 5 atom stereocenters. The summed E-state index contributed by atoms with van der Waals surface area (Å²) in [5.41, 5.74) is 27.3. The molecule has 0 aromatic carbocycles. The first kappa shape index (κ1) is 35.7. The zero-order valence-electron chi connectivity index (χ0n) is 23.0. The fraction of sp³-hybridized carbons (Fsp3) is 0.739. The number of nitrogens with zero attached hydrogens (tertiary/aromatic N) is 2. The van der Waals surface area contributed by atoms with E-state index in [2.05, 4.69) is 25.9 Å². The Morgan fingerprint density at radius 1 is 0.821 bits per heavy atom. The van der Waals surface area contributed by atoms with E-state index >= 15 is 0 Å². The minimum Gasteiger partial charge on any atom is -0.480 e. The topological polar surface area (TPSA) is 279 Å². The molecule has 224 valence electrons. The van der Waals surface area contributed by atoms with Crippen LogP contribution in [0.1, 0.15) is 52.4 Å². The Morgan fingerprint density at radius 2 is 1.31 bits per heavy atom. The van der Waals surface area contributed by atoms with Crippen molar-refractivity contribution in [2.24, 2.45) is 44.6 Å². The van der Waals surface area contributed by atoms with Gasteiger partial charge < -0.3 is 49.7 Å². The van der Waals surface area contributed by atoms with E-state index in [1.165, 1.54) is 11.8 Å². The molecule has 0 spiro atoms. The summed E-state index contributed by atoms with van der Waals surface area (Å²) >= 11 is 1.47. The van der Waals surface area contributed by atoms with Crippen LogP contribution in [0, 0.1) is 5.92 Å². The molecule has 0 heterocycles. The number of hydrogen-bond acceptors (Lipinski definition) is 8. The number of carboxylic acids is 1. The van der Waals surface area contributed by atoms with Crippen LogP contribution in [0.25, 0.3) is 0 Å². The van der Waals surface area contributed by atoms with Crippen LogP contribution >= 0.6 is 11.8 Å². The fourth-order valence-corrected chi connectivity index (χ4v) is 3.89. The highest BCUT2D eigenvalue weighted by Gasteiger charge is 2.31. The number of aliphatic carboxylic acids is 1. The molecule has 0 aromatic heterocycles. The second-order valence-electron chi connectivity index (χ2n) is 9.12. The number of rotatable bonds is 20. The Balaban J connectivity index is 5.58. The van der Waals surface area contributed by atoms with E-state index in [4.69, 9.17) is 28.7 Å². The van der Waals surface area contributed by atoms with Crippen LogP contribution in [0.2, 0.25) is 0 Å². The summed E-state index contributed by atoms with van der Waals surface area (Å²) in [6, 6.07) is -4.08. The van der Waals surface area contributed by atoms with E-state index in [9.17, 15) is 24.3 Å². The average molecular weight is 575 g/mol. The molecular formula is C23H46N10O5S. The summed E-state index contributed by atoms with van der Waals surface area (Å²) in [5, 5.41) is 17.4. The molecule has 0 aromatic rings. The lowest BCUT2D eigenvalue weighted by atomic mass is 9.98. The minimum atomic E-state index is -1.16. The highest BCUT2D eigenvalue weighted by atomic mass is 32.2. The van der Waals surface area contributed by atoms with Gasteiger partial charge in [-0.25, -0.2) is 4.79 Å². The van der Waals surface area contributed by atoms with Crippen molar-refractivity contribution in [2.45, 2.75) is 76.5 Å². The van der Waals surface area contributed by atoms with Gasteiger partial charge in [0.05, 0.1) is 6.04 Å². The third-order valence-electron chi connectivity index (χ3n) is 5.90. The summed E-state index contributed by atoms with van der Waals surface area (Å²) in [6.45, 7) is 4.06. The Labute approximate surface area is 233 Å². The van der Waals surface area contributed by atoms with Crippen molar-refractivity contribution < 1.29 is 24.3 Å². The maximum Gasteiger partial charge on any atom is 0.326 e. The summed E-state index contributed by atoms with van der Waals surface area (Å²) in [6.07, 6.45) is 3.88. The van der Waals surface area contributed by atoms with Crippen molar-refractivity contribution in [1.82, 2.24) is 16.0 Å². The summed E-state index contributed by atoms with van der Waals surface area (Å²) in [5.74, 6) is -2.91. The van der Waals surface area contributed by atoms with Crippen molar-refractivity contribution in [2.75, 3.05) is 25.1 Å². The largest absolute Gasteiger partial charge is 0.480 e. The zero-order chi connectivity index (χ0) is 30.0. The van der Waals surface area contributed by atoms with Gasteiger partial charge in [-0.3, -0.25) is 24.4 Å². The SMILES string of the molecule is CCC(C)C(NC(=O)C(CCSC)NC(=O)C(CCCN=C(N)N)NC(=O)C(N)CCCN=C(N)N)C(=O)O. The van der Waals surface area contributed by atoms with E-state index < -0.39 is 47.9 Å². The Bertz CT molecular complexity index is 849. The first-order valence-electron chi connectivity index (χ1n) is 12.8. The van der Waals surface area contributed by atoms with E-state index in [1.807, 2.05) is 13.2 Å². The Morgan fingerprint density at radius 3 is 1.79 bits per heavy atom. The van der Waals surface area contributed by atoms with Gasteiger partial charge in [0.25, 0.3) is 0 Å². The average Bonchev–Trinajstić information content (AvgIpc) is 2.87. The number of thioether (sulfide) groups is 1. The molecule has 0 bridgehead atoms. The fourth-order valence-electron chi connectivity index (χ4n) is 3.42. The van der Waals surface area contributed by atoms with Gasteiger partial charge in [0.2, 0.25) is 17.7 Å². The highest BCUT2D eigenvalue weighted by molar-refractivity contribution is 7.98. The molecule has 0 aliphatic heterocycles. The molecule has 0 saturated heterocycles. The van der Waals surface area contributed by atoms with Crippen molar-refractivity contribution in [1.29, 1.82) is 0 Å². The lowest BCUT2D eigenvalue weighted by Gasteiger charge is -2.26. The molecule has 5 unspecified atom stereocenters. The van der Waals surface area contributed by atoms with Crippen LogP contribution in [0.15, 0.2) is 9.98 Å². The molecule has 0 radical (unpaired) electrons. The molecule has 0 saturated carbocycles. The predicted octanol–water partition coefficient (Wildman–Crippen LogP) is -2.24. The lowest BCUT2D eigenvalue weighted by molar-refractivity contribution is -0.143. The quantitative estimate of drug-likeness (QED) is 0.0425. The molecule has 0 aliphatic rings. The van der Waals surface area contributed by atoms with Crippen LogP contribution < -0.4 is 44.6 Å². The molecule has 3 amide bonds. The number of guanidine groups is 2. The third-order valence-corrected chi connectivity index (χ3v) is 6.55. The molecular weight excluding hydrogens is 528 g/mol. The summed E-state index contributed by atoms with van der Waals surface area (Å²) in [4.78, 5) is 58.4. The maximum atomic E-state index is 13.3. The lowest BCUT2D eigenvalue weighted by Crippen LogP contribution is -2.57. The van der Waals surface area contributed by atoms with Gasteiger partial charge in [0.15, 0.2) is 11.9 Å². The maximum absolute atomic E-state index is 13.3. The van der Waals surface area contributed by atoms with Crippen molar-refractivity contribution >= 4 is 47.4 Å².